The van der Waals surface area contributed by atoms with Crippen molar-refractivity contribution in [1.82, 2.24) is 43.9 Å². The van der Waals surface area contributed by atoms with Gasteiger partial charge in [0.15, 0.2) is 5.65 Å². The lowest BCUT2D eigenvalue weighted by molar-refractivity contribution is -0.145. The Labute approximate surface area is 265 Å². The molecule has 2 saturated carbocycles. The number of nitrogens with zero attached hydrogens (tertiary/aromatic N) is 9. The molecule has 0 aliphatic heterocycles. The van der Waals surface area contributed by atoms with Crippen LogP contribution in [0.4, 0.5) is 0 Å². The molecule has 5 heterocycles. The van der Waals surface area contributed by atoms with Crippen LogP contribution in [0.5, 0.6) is 5.88 Å². The van der Waals surface area contributed by atoms with Gasteiger partial charge in [0.2, 0.25) is 0 Å². The second kappa shape index (κ2) is 10.5. The molecule has 2 fully saturated rings. The number of aryl methyl sites for hydroxylation is 1. The molecule has 0 spiro atoms. The summed E-state index contributed by atoms with van der Waals surface area (Å²) in [6.45, 7) is 6.52. The van der Waals surface area contributed by atoms with Gasteiger partial charge < -0.3 is 14.0 Å². The van der Waals surface area contributed by atoms with E-state index < -0.39 is 0 Å². The summed E-state index contributed by atoms with van der Waals surface area (Å²) in [4.78, 5) is 22.7. The summed E-state index contributed by atoms with van der Waals surface area (Å²) in [6.07, 6.45) is 8.91. The Morgan fingerprint density at radius 1 is 1.04 bits per heavy atom. The average molecular weight is 620 g/mol. The lowest BCUT2D eigenvalue weighted by Crippen LogP contribution is -2.09. The predicted molar refractivity (Wildman–Crippen MR) is 173 cm³/mol. The molecule has 0 N–H and O–H groups in total. The second-order valence-electron chi connectivity index (χ2n) is 12.8. The fourth-order valence-electron chi connectivity index (χ4n) is 6.67. The fourth-order valence-corrected chi connectivity index (χ4v) is 6.67. The zero-order valence-corrected chi connectivity index (χ0v) is 26.9. The zero-order chi connectivity index (χ0) is 31.9. The van der Waals surface area contributed by atoms with Crippen LogP contribution in [0.3, 0.4) is 0 Å². The fraction of sp³-hybridized carbons (Fsp3) is 0.412. The number of carbonyl (C=O) groups is 1. The Hall–Kier alpha value is -5.00. The summed E-state index contributed by atoms with van der Waals surface area (Å²) in [5.74, 6) is 1.63. The quantitative estimate of drug-likeness (QED) is 0.189. The molecule has 0 radical (unpaired) electrons. The van der Waals surface area contributed by atoms with E-state index in [0.717, 1.165) is 63.1 Å². The molecule has 8 rings (SSSR count). The molecule has 2 aliphatic rings. The maximum Gasteiger partial charge on any atom is 0.311 e. The Morgan fingerprint density at radius 2 is 1.87 bits per heavy atom. The number of aromatic nitrogens is 9. The third-order valence-corrected chi connectivity index (χ3v) is 9.14. The molecule has 0 amide bonds. The van der Waals surface area contributed by atoms with Crippen molar-refractivity contribution in [3.63, 3.8) is 0 Å². The molecule has 6 aromatic rings. The molecular weight excluding hydrogens is 582 g/mol. The van der Waals surface area contributed by atoms with Crippen LogP contribution in [0.25, 0.3) is 50.3 Å². The van der Waals surface area contributed by atoms with Crippen molar-refractivity contribution in [1.29, 1.82) is 0 Å². The third kappa shape index (κ3) is 4.57. The molecule has 2 aliphatic carbocycles. The van der Waals surface area contributed by atoms with Gasteiger partial charge in [0.25, 0.3) is 5.88 Å². The van der Waals surface area contributed by atoms with Crippen molar-refractivity contribution in [2.75, 3.05) is 13.7 Å². The van der Waals surface area contributed by atoms with Crippen molar-refractivity contribution >= 4 is 27.9 Å². The molecule has 1 aromatic carbocycles. The minimum Gasteiger partial charge on any atom is -0.478 e. The predicted octanol–water partition coefficient (Wildman–Crippen LogP) is 5.70. The number of imidazole rings is 1. The van der Waals surface area contributed by atoms with Crippen LogP contribution in [-0.2, 0) is 23.6 Å². The van der Waals surface area contributed by atoms with Crippen LogP contribution in [0.15, 0.2) is 42.9 Å². The maximum absolute atomic E-state index is 12.3. The van der Waals surface area contributed by atoms with Gasteiger partial charge in [-0.1, -0.05) is 26.0 Å². The number of benzene rings is 1. The van der Waals surface area contributed by atoms with Gasteiger partial charge in [-0.25, -0.2) is 14.6 Å². The molecule has 12 nitrogen and oxygen atoms in total. The molecule has 5 aromatic heterocycles. The van der Waals surface area contributed by atoms with Gasteiger partial charge in [-0.2, -0.15) is 10.2 Å². The van der Waals surface area contributed by atoms with Gasteiger partial charge in [0.05, 0.1) is 48.8 Å². The summed E-state index contributed by atoms with van der Waals surface area (Å²) in [6, 6.07) is 8.32. The van der Waals surface area contributed by atoms with E-state index in [1.807, 2.05) is 54.1 Å². The zero-order valence-electron chi connectivity index (χ0n) is 26.9. The average Bonchev–Trinajstić information content (AvgIpc) is 3.85. The largest absolute Gasteiger partial charge is 0.478 e. The normalized spacial score (nSPS) is 17.8. The molecular formula is C34H37N9O3. The van der Waals surface area contributed by atoms with Crippen LogP contribution in [0.2, 0.25) is 0 Å². The Bertz CT molecular complexity index is 2150. The van der Waals surface area contributed by atoms with Gasteiger partial charge in [-0.05, 0) is 44.2 Å². The minimum atomic E-state index is -0.190. The van der Waals surface area contributed by atoms with Crippen molar-refractivity contribution in [2.45, 2.75) is 57.9 Å². The SMILES string of the molecule is CCOC(=O)C1CC1n1cc(-n2cc3c(-c4nc(-c5cc6cn(C)nc6nc5C(C)C)n(C)c4C4CC4)cccc3n2)c(OC)n1. The number of esters is 1. The Morgan fingerprint density at radius 3 is 2.61 bits per heavy atom. The van der Waals surface area contributed by atoms with Crippen molar-refractivity contribution in [2.24, 2.45) is 20.0 Å². The van der Waals surface area contributed by atoms with Gasteiger partial charge in [0, 0.05) is 60.0 Å². The highest BCUT2D eigenvalue weighted by Crippen LogP contribution is 2.48. The summed E-state index contributed by atoms with van der Waals surface area (Å²) in [5.41, 5.74) is 7.57. The molecule has 0 bridgehead atoms. The monoisotopic (exact) mass is 619 g/mol. The smallest absolute Gasteiger partial charge is 0.311 e. The van der Waals surface area contributed by atoms with E-state index in [0.29, 0.717) is 30.5 Å². The lowest BCUT2D eigenvalue weighted by atomic mass is 10.0. The van der Waals surface area contributed by atoms with Crippen molar-refractivity contribution < 1.29 is 14.3 Å². The molecule has 0 saturated heterocycles. The second-order valence-corrected chi connectivity index (χ2v) is 12.8. The first-order chi connectivity index (χ1) is 22.2. The van der Waals surface area contributed by atoms with E-state index in [1.54, 1.807) is 11.8 Å². The topological polar surface area (TPSA) is 120 Å². The Kier molecular flexibility index (Phi) is 6.52. The minimum absolute atomic E-state index is 0.0496. The maximum atomic E-state index is 12.3. The highest BCUT2D eigenvalue weighted by atomic mass is 16.5. The van der Waals surface area contributed by atoms with E-state index >= 15 is 0 Å². The number of hydrogen-bond acceptors (Lipinski definition) is 8. The van der Waals surface area contributed by atoms with Crippen molar-refractivity contribution in [3.05, 3.63) is 54.2 Å². The molecule has 12 heteroatoms. The number of methoxy groups -OCH3 is 1. The number of ether oxygens (including phenoxy) is 2. The summed E-state index contributed by atoms with van der Waals surface area (Å²) in [7, 11) is 5.65. The van der Waals surface area contributed by atoms with E-state index in [2.05, 4.69) is 47.8 Å². The van der Waals surface area contributed by atoms with Gasteiger partial charge >= 0.3 is 5.97 Å². The third-order valence-electron chi connectivity index (χ3n) is 9.14. The number of fused-ring (bicyclic) bond motifs is 2. The first kappa shape index (κ1) is 28.5. The first-order valence-corrected chi connectivity index (χ1v) is 16.0. The van der Waals surface area contributed by atoms with E-state index in [4.69, 9.17) is 24.5 Å². The first-order valence-electron chi connectivity index (χ1n) is 16.0. The molecule has 46 heavy (non-hydrogen) atoms. The van der Waals surface area contributed by atoms with Gasteiger partial charge in [-0.3, -0.25) is 14.2 Å². The van der Waals surface area contributed by atoms with Crippen LogP contribution in [0, 0.1) is 5.92 Å². The number of pyridine rings is 1. The van der Waals surface area contributed by atoms with E-state index in [-0.39, 0.29) is 23.8 Å². The molecule has 2 atom stereocenters. The van der Waals surface area contributed by atoms with E-state index in [9.17, 15) is 4.79 Å². The lowest BCUT2D eigenvalue weighted by Gasteiger charge is -2.12. The van der Waals surface area contributed by atoms with Gasteiger partial charge in [0.1, 0.15) is 11.5 Å². The van der Waals surface area contributed by atoms with Crippen LogP contribution >= 0.6 is 0 Å². The standard InChI is InChI=1S/C34H37N9O3/c1-7-46-34(44)22-14-26(22)43-17-27(33(39-43)45-6)42-16-24-21(9-8-10-25(24)37-42)29-30(19-11-12-19)41(5)32(36-29)23-13-20-15-40(4)38-31(20)35-28(23)18(2)3/h8-10,13,15-19,22,26H,7,11-12,14H2,1-6H3. The van der Waals surface area contributed by atoms with Gasteiger partial charge in [-0.15, -0.1) is 5.10 Å². The summed E-state index contributed by atoms with van der Waals surface area (Å²) in [5, 5.41) is 16.1. The van der Waals surface area contributed by atoms with Crippen LogP contribution in [0.1, 0.15) is 69.3 Å². The molecule has 236 valence electrons. The van der Waals surface area contributed by atoms with Crippen LogP contribution < -0.4 is 4.74 Å². The number of hydrogen-bond donors (Lipinski definition) is 0. The molecule has 2 unspecified atom stereocenters. The summed E-state index contributed by atoms with van der Waals surface area (Å²) >= 11 is 0. The summed E-state index contributed by atoms with van der Waals surface area (Å²) < 4.78 is 18.6. The number of carbonyl (C=O) groups excluding carboxylic acids is 1. The van der Waals surface area contributed by atoms with Crippen molar-refractivity contribution in [3.8, 4) is 34.2 Å². The van der Waals surface area contributed by atoms with Crippen LogP contribution in [-0.4, -0.2) is 63.6 Å². The van der Waals surface area contributed by atoms with E-state index in [1.165, 1.54) is 5.69 Å². The highest BCUT2D eigenvalue weighted by Gasteiger charge is 2.47. The highest BCUT2D eigenvalue weighted by molar-refractivity contribution is 5.95. The number of rotatable bonds is 9. The Balaban J connectivity index is 1.23.